The molecule has 0 radical (unpaired) electrons. The second kappa shape index (κ2) is 5.91. The minimum Gasteiger partial charge on any atom is -0.313 e. The van der Waals surface area contributed by atoms with Crippen LogP contribution < -0.4 is 5.32 Å². The van der Waals surface area contributed by atoms with Crippen molar-refractivity contribution in [3.63, 3.8) is 0 Å². The number of rotatable bonds is 4. The predicted molar refractivity (Wildman–Crippen MR) is 73.9 cm³/mol. The zero-order valence-electron chi connectivity index (χ0n) is 9.71. The predicted octanol–water partition coefficient (Wildman–Crippen LogP) is 4.29. The van der Waals surface area contributed by atoms with Gasteiger partial charge in [0.1, 0.15) is 0 Å². The van der Waals surface area contributed by atoms with Crippen LogP contribution in [0.1, 0.15) is 16.5 Å². The van der Waals surface area contributed by atoms with Crippen LogP contribution in [-0.4, -0.2) is 7.05 Å². The molecule has 0 aliphatic carbocycles. The summed E-state index contributed by atoms with van der Waals surface area (Å²) in [5.41, 5.74) is 0.359. The second-order valence-electron chi connectivity index (χ2n) is 3.88. The summed E-state index contributed by atoms with van der Waals surface area (Å²) in [6.07, 6.45) is 0.620. The Morgan fingerprint density at radius 3 is 2.72 bits per heavy atom. The van der Waals surface area contributed by atoms with E-state index < -0.39 is 11.6 Å². The first-order chi connectivity index (χ1) is 8.63. The van der Waals surface area contributed by atoms with Gasteiger partial charge in [-0.15, -0.1) is 11.3 Å². The highest BCUT2D eigenvalue weighted by molar-refractivity contribution is 9.10. The molecule has 96 valence electrons. The van der Waals surface area contributed by atoms with Gasteiger partial charge in [0, 0.05) is 27.4 Å². The van der Waals surface area contributed by atoms with Gasteiger partial charge in [-0.1, -0.05) is 12.1 Å². The average molecular weight is 332 g/mol. The lowest BCUT2D eigenvalue weighted by atomic mass is 10.0. The molecule has 0 saturated heterocycles. The quantitative estimate of drug-likeness (QED) is 0.881. The van der Waals surface area contributed by atoms with Gasteiger partial charge in [0.05, 0.1) is 0 Å². The summed E-state index contributed by atoms with van der Waals surface area (Å²) < 4.78 is 28.0. The van der Waals surface area contributed by atoms with Gasteiger partial charge >= 0.3 is 0 Å². The molecule has 0 saturated carbocycles. The minimum absolute atomic E-state index is 0.240. The number of hydrogen-bond donors (Lipinski definition) is 1. The number of likely N-dealkylation sites (N-methyl/N-ethyl adjacent to an activating group) is 1. The second-order valence-corrected chi connectivity index (χ2v) is 5.74. The number of halogens is 3. The van der Waals surface area contributed by atoms with E-state index in [1.54, 1.807) is 24.5 Å². The van der Waals surface area contributed by atoms with Gasteiger partial charge in [0.2, 0.25) is 0 Å². The van der Waals surface area contributed by atoms with E-state index in [2.05, 4.69) is 21.2 Å². The van der Waals surface area contributed by atoms with Crippen LogP contribution >= 0.6 is 27.3 Å². The lowest BCUT2D eigenvalue weighted by molar-refractivity contribution is 0.474. The van der Waals surface area contributed by atoms with E-state index in [1.165, 1.54) is 6.07 Å². The zero-order valence-corrected chi connectivity index (χ0v) is 12.1. The monoisotopic (exact) mass is 331 g/mol. The van der Waals surface area contributed by atoms with Gasteiger partial charge in [-0.3, -0.25) is 0 Å². The highest BCUT2D eigenvalue weighted by Gasteiger charge is 2.18. The van der Waals surface area contributed by atoms with Gasteiger partial charge in [-0.2, -0.15) is 0 Å². The van der Waals surface area contributed by atoms with Crippen molar-refractivity contribution in [3.8, 4) is 0 Å². The number of benzene rings is 1. The van der Waals surface area contributed by atoms with Crippen LogP contribution in [0.15, 0.2) is 34.1 Å². The molecule has 1 unspecified atom stereocenters. The molecule has 0 bridgehead atoms. The number of thiophene rings is 1. The van der Waals surface area contributed by atoms with Crippen LogP contribution in [0.3, 0.4) is 0 Å². The smallest absolute Gasteiger partial charge is 0.163 e. The molecule has 0 aliphatic heterocycles. The maximum atomic E-state index is 13.7. The number of hydrogen-bond acceptors (Lipinski definition) is 2. The Bertz CT molecular complexity index is 542. The van der Waals surface area contributed by atoms with Crippen LogP contribution in [-0.2, 0) is 6.42 Å². The van der Waals surface area contributed by atoms with E-state index in [4.69, 9.17) is 0 Å². The van der Waals surface area contributed by atoms with Crippen LogP contribution in [0.25, 0.3) is 0 Å². The third kappa shape index (κ3) is 2.79. The van der Waals surface area contributed by atoms with E-state index in [0.29, 0.717) is 12.0 Å². The van der Waals surface area contributed by atoms with Gasteiger partial charge in [0.25, 0.3) is 0 Å². The molecule has 2 aromatic rings. The molecule has 18 heavy (non-hydrogen) atoms. The Morgan fingerprint density at radius 2 is 2.11 bits per heavy atom. The molecule has 1 aromatic heterocycles. The van der Waals surface area contributed by atoms with Crippen LogP contribution in [0, 0.1) is 11.6 Å². The minimum atomic E-state index is -0.807. The van der Waals surface area contributed by atoms with E-state index in [-0.39, 0.29) is 6.04 Å². The topological polar surface area (TPSA) is 12.0 Å². The van der Waals surface area contributed by atoms with Crippen molar-refractivity contribution in [3.05, 3.63) is 56.2 Å². The Hall–Kier alpha value is -0.780. The molecule has 1 nitrogen and oxygen atoms in total. The summed E-state index contributed by atoms with van der Waals surface area (Å²) in [6, 6.07) is 5.99. The molecule has 0 amide bonds. The fraction of sp³-hybridized carbons (Fsp3) is 0.231. The van der Waals surface area contributed by atoms with Crippen molar-refractivity contribution >= 4 is 27.3 Å². The van der Waals surface area contributed by atoms with Gasteiger partial charge < -0.3 is 5.32 Å². The first-order valence-corrected chi connectivity index (χ1v) is 7.13. The summed E-state index contributed by atoms with van der Waals surface area (Å²) >= 11 is 5.04. The summed E-state index contributed by atoms with van der Waals surface area (Å²) in [6.45, 7) is 0. The van der Waals surface area contributed by atoms with Crippen molar-refractivity contribution in [1.29, 1.82) is 0 Å². The Morgan fingerprint density at radius 1 is 1.33 bits per heavy atom. The summed E-state index contributed by atoms with van der Waals surface area (Å²) in [7, 11) is 1.75. The molecule has 1 N–H and O–H groups in total. The summed E-state index contributed by atoms with van der Waals surface area (Å²) in [5.74, 6) is -1.58. The number of nitrogens with one attached hydrogen (secondary N) is 1. The largest absolute Gasteiger partial charge is 0.313 e. The van der Waals surface area contributed by atoms with E-state index >= 15 is 0 Å². The van der Waals surface area contributed by atoms with Gasteiger partial charge in [-0.25, -0.2) is 8.78 Å². The fourth-order valence-electron chi connectivity index (χ4n) is 1.81. The maximum Gasteiger partial charge on any atom is 0.163 e. The van der Waals surface area contributed by atoms with Crippen LogP contribution in [0.5, 0.6) is 0 Å². The fourth-order valence-corrected chi connectivity index (χ4v) is 3.37. The highest BCUT2D eigenvalue weighted by Crippen LogP contribution is 2.29. The highest BCUT2D eigenvalue weighted by atomic mass is 79.9. The lowest BCUT2D eigenvalue weighted by Gasteiger charge is -2.17. The van der Waals surface area contributed by atoms with Crippen molar-refractivity contribution in [2.24, 2.45) is 0 Å². The normalized spacial score (nSPS) is 12.7. The van der Waals surface area contributed by atoms with E-state index in [9.17, 15) is 8.78 Å². The van der Waals surface area contributed by atoms with Crippen molar-refractivity contribution in [2.45, 2.75) is 12.5 Å². The summed E-state index contributed by atoms with van der Waals surface area (Å²) in [5, 5.41) is 5.00. The third-order valence-electron chi connectivity index (χ3n) is 2.79. The Kier molecular flexibility index (Phi) is 4.48. The van der Waals surface area contributed by atoms with Crippen LogP contribution in [0.4, 0.5) is 8.78 Å². The average Bonchev–Trinajstić information content (AvgIpc) is 2.76. The molecule has 1 atom stereocenters. The Labute approximate surface area is 117 Å². The standard InChI is InChI=1S/C13H12BrF2NS/c1-17-11(7-12-9(14)5-6-18-12)8-3-2-4-10(15)13(8)16/h2-6,11,17H,7H2,1H3. The van der Waals surface area contributed by atoms with E-state index in [0.717, 1.165) is 15.4 Å². The van der Waals surface area contributed by atoms with Gasteiger partial charge in [0.15, 0.2) is 11.6 Å². The van der Waals surface area contributed by atoms with Crippen LogP contribution in [0.2, 0.25) is 0 Å². The SMILES string of the molecule is CNC(Cc1sccc1Br)c1cccc(F)c1F. The molecule has 0 spiro atoms. The van der Waals surface area contributed by atoms with Gasteiger partial charge in [-0.05, 0) is 40.5 Å². The van der Waals surface area contributed by atoms with Crippen molar-refractivity contribution in [2.75, 3.05) is 7.05 Å². The molecule has 0 fully saturated rings. The molecule has 2 rings (SSSR count). The molecule has 1 aromatic carbocycles. The Balaban J connectivity index is 2.29. The third-order valence-corrected chi connectivity index (χ3v) is 4.73. The van der Waals surface area contributed by atoms with Crippen molar-refractivity contribution in [1.82, 2.24) is 5.32 Å². The molecular weight excluding hydrogens is 320 g/mol. The zero-order chi connectivity index (χ0) is 13.1. The molecule has 0 aliphatic rings. The summed E-state index contributed by atoms with van der Waals surface area (Å²) in [4.78, 5) is 1.11. The molecule has 5 heteroatoms. The first-order valence-electron chi connectivity index (χ1n) is 5.46. The van der Waals surface area contributed by atoms with Crippen molar-refractivity contribution < 1.29 is 8.78 Å². The molecule has 1 heterocycles. The maximum absolute atomic E-state index is 13.7. The first kappa shape index (κ1) is 13.6. The molecular formula is C13H12BrF2NS. The lowest BCUT2D eigenvalue weighted by Crippen LogP contribution is -2.20. The van der Waals surface area contributed by atoms with E-state index in [1.807, 2.05) is 11.4 Å².